The Kier molecular flexibility index (Phi) is 8.80. The lowest BCUT2D eigenvalue weighted by Crippen LogP contribution is -2.34. The molecule has 0 radical (unpaired) electrons. The van der Waals surface area contributed by atoms with Crippen LogP contribution in [0.2, 0.25) is 0 Å². The zero-order valence-corrected chi connectivity index (χ0v) is 18.6. The summed E-state index contributed by atoms with van der Waals surface area (Å²) < 4.78 is 5.73. The van der Waals surface area contributed by atoms with Gasteiger partial charge in [-0.25, -0.2) is 0 Å². The maximum Gasteiger partial charge on any atom is 0.261 e. The number of para-hydroxylation sites is 1. The monoisotopic (exact) mass is 427 g/mol. The van der Waals surface area contributed by atoms with Crippen LogP contribution in [0.4, 0.5) is 5.69 Å². The van der Waals surface area contributed by atoms with Crippen molar-refractivity contribution in [3.8, 4) is 5.75 Å². The molecule has 1 atom stereocenters. The van der Waals surface area contributed by atoms with Crippen LogP contribution in [-0.2, 0) is 0 Å². The average molecular weight is 428 g/mol. The van der Waals surface area contributed by atoms with E-state index in [4.69, 9.17) is 17.0 Å². The fourth-order valence-corrected chi connectivity index (χ4v) is 2.73. The summed E-state index contributed by atoms with van der Waals surface area (Å²) >= 11 is 5.27. The van der Waals surface area contributed by atoms with Gasteiger partial charge in [0.25, 0.3) is 11.8 Å². The van der Waals surface area contributed by atoms with Gasteiger partial charge < -0.3 is 15.4 Å². The Morgan fingerprint density at radius 2 is 1.77 bits per heavy atom. The van der Waals surface area contributed by atoms with E-state index in [0.717, 1.165) is 6.42 Å². The normalized spacial score (nSPS) is 11.5. The summed E-state index contributed by atoms with van der Waals surface area (Å²) in [6, 6.07) is 14.1. The minimum Gasteiger partial charge on any atom is -0.492 e. The number of hydrogen-bond acceptors (Lipinski definition) is 4. The van der Waals surface area contributed by atoms with Crippen LogP contribution in [0.15, 0.2) is 48.5 Å². The minimum absolute atomic E-state index is 0.0902. The standard InChI is InChI=1S/C23H29N3O3S/c1-5-16(4)24-21(27)17-9-8-10-18(13-17)25-23(30)26-22(28)19-11-6-7-12-20(19)29-14-15(2)3/h6-13,15-16H,5,14H2,1-4H3,(H,24,27)(H2,25,26,28,30). The molecule has 160 valence electrons. The van der Waals surface area contributed by atoms with E-state index in [9.17, 15) is 9.59 Å². The van der Waals surface area contributed by atoms with Crippen LogP contribution in [0.25, 0.3) is 0 Å². The van der Waals surface area contributed by atoms with Gasteiger partial charge in [0.05, 0.1) is 12.2 Å². The van der Waals surface area contributed by atoms with E-state index in [1.54, 1.807) is 42.5 Å². The van der Waals surface area contributed by atoms with E-state index < -0.39 is 0 Å². The van der Waals surface area contributed by atoms with Crippen LogP contribution in [0.1, 0.15) is 54.8 Å². The summed E-state index contributed by atoms with van der Waals surface area (Å²) in [5, 5.41) is 8.68. The quantitative estimate of drug-likeness (QED) is 0.545. The molecule has 2 aromatic carbocycles. The highest BCUT2D eigenvalue weighted by molar-refractivity contribution is 7.80. The third kappa shape index (κ3) is 7.15. The molecule has 0 saturated heterocycles. The second kappa shape index (κ2) is 11.3. The smallest absolute Gasteiger partial charge is 0.261 e. The summed E-state index contributed by atoms with van der Waals surface area (Å²) in [6.07, 6.45) is 0.849. The Balaban J connectivity index is 2.02. The Hall–Kier alpha value is -2.93. The molecule has 2 amide bonds. The van der Waals surface area contributed by atoms with Gasteiger partial charge in [-0.15, -0.1) is 0 Å². The zero-order valence-electron chi connectivity index (χ0n) is 17.8. The largest absolute Gasteiger partial charge is 0.492 e. The SMILES string of the molecule is CCC(C)NC(=O)c1cccc(NC(=S)NC(=O)c2ccccc2OCC(C)C)c1. The van der Waals surface area contributed by atoms with Crippen molar-refractivity contribution in [2.45, 2.75) is 40.2 Å². The van der Waals surface area contributed by atoms with E-state index in [2.05, 4.69) is 16.0 Å². The van der Waals surface area contributed by atoms with Gasteiger partial charge in [0, 0.05) is 17.3 Å². The van der Waals surface area contributed by atoms with E-state index in [-0.39, 0.29) is 23.0 Å². The first kappa shape index (κ1) is 23.3. The molecule has 0 saturated carbocycles. The number of benzene rings is 2. The maximum absolute atomic E-state index is 12.7. The van der Waals surface area contributed by atoms with Crippen LogP contribution in [-0.4, -0.2) is 29.6 Å². The van der Waals surface area contributed by atoms with Gasteiger partial charge in [-0.3, -0.25) is 14.9 Å². The van der Waals surface area contributed by atoms with Crippen molar-refractivity contribution < 1.29 is 14.3 Å². The van der Waals surface area contributed by atoms with E-state index in [1.807, 2.05) is 33.8 Å². The lowest BCUT2D eigenvalue weighted by atomic mass is 10.1. The highest BCUT2D eigenvalue weighted by Gasteiger charge is 2.15. The predicted octanol–water partition coefficient (Wildman–Crippen LogP) is 4.38. The van der Waals surface area contributed by atoms with Crippen molar-refractivity contribution >= 4 is 34.8 Å². The first-order valence-electron chi connectivity index (χ1n) is 10.0. The summed E-state index contributed by atoms with van der Waals surface area (Å²) in [6.45, 7) is 8.56. The minimum atomic E-state index is -0.363. The van der Waals surface area contributed by atoms with Gasteiger partial charge in [-0.1, -0.05) is 39.0 Å². The van der Waals surface area contributed by atoms with Crippen LogP contribution < -0.4 is 20.7 Å². The average Bonchev–Trinajstić information content (AvgIpc) is 2.72. The molecule has 3 N–H and O–H groups in total. The van der Waals surface area contributed by atoms with Crippen molar-refractivity contribution in [3.63, 3.8) is 0 Å². The number of amides is 2. The van der Waals surface area contributed by atoms with Crippen LogP contribution in [0.3, 0.4) is 0 Å². The van der Waals surface area contributed by atoms with Crippen molar-refractivity contribution in [1.29, 1.82) is 0 Å². The summed E-state index contributed by atoms with van der Waals surface area (Å²) in [4.78, 5) is 25.0. The van der Waals surface area contributed by atoms with Crippen molar-refractivity contribution in [1.82, 2.24) is 10.6 Å². The predicted molar refractivity (Wildman–Crippen MR) is 124 cm³/mol. The molecule has 0 heterocycles. The molecule has 0 aromatic heterocycles. The van der Waals surface area contributed by atoms with E-state index in [1.165, 1.54) is 0 Å². The molecule has 0 spiro atoms. The van der Waals surface area contributed by atoms with Gasteiger partial charge in [-0.05, 0) is 61.8 Å². The number of anilines is 1. The first-order chi connectivity index (χ1) is 14.3. The Morgan fingerprint density at radius 3 is 2.47 bits per heavy atom. The topological polar surface area (TPSA) is 79.5 Å². The number of ether oxygens (including phenoxy) is 1. The van der Waals surface area contributed by atoms with Gasteiger partial charge in [0.1, 0.15) is 5.75 Å². The number of carbonyl (C=O) groups is 2. The number of hydrogen-bond donors (Lipinski definition) is 3. The summed E-state index contributed by atoms with van der Waals surface area (Å²) in [5.74, 6) is 0.334. The van der Waals surface area contributed by atoms with E-state index in [0.29, 0.717) is 35.1 Å². The molecule has 6 nitrogen and oxygen atoms in total. The van der Waals surface area contributed by atoms with Crippen molar-refractivity contribution in [3.05, 3.63) is 59.7 Å². The Labute approximate surface area is 183 Å². The van der Waals surface area contributed by atoms with Crippen molar-refractivity contribution in [2.24, 2.45) is 5.92 Å². The molecule has 0 aliphatic rings. The van der Waals surface area contributed by atoms with Gasteiger partial charge in [-0.2, -0.15) is 0 Å². The zero-order chi connectivity index (χ0) is 22.1. The molecule has 1 unspecified atom stereocenters. The Morgan fingerprint density at radius 1 is 1.03 bits per heavy atom. The molecule has 0 aliphatic heterocycles. The van der Waals surface area contributed by atoms with Gasteiger partial charge >= 0.3 is 0 Å². The van der Waals surface area contributed by atoms with Gasteiger partial charge in [0.15, 0.2) is 5.11 Å². The molecule has 7 heteroatoms. The van der Waals surface area contributed by atoms with Crippen LogP contribution in [0, 0.1) is 5.92 Å². The number of carbonyl (C=O) groups excluding carboxylic acids is 2. The lowest BCUT2D eigenvalue weighted by Gasteiger charge is -2.15. The summed E-state index contributed by atoms with van der Waals surface area (Å²) in [7, 11) is 0. The number of rotatable bonds is 8. The van der Waals surface area contributed by atoms with E-state index >= 15 is 0 Å². The highest BCUT2D eigenvalue weighted by atomic mass is 32.1. The second-order valence-corrected chi connectivity index (χ2v) is 7.88. The molecule has 0 bridgehead atoms. The van der Waals surface area contributed by atoms with Crippen molar-refractivity contribution in [2.75, 3.05) is 11.9 Å². The van der Waals surface area contributed by atoms with Crippen LogP contribution in [0.5, 0.6) is 5.75 Å². The summed E-state index contributed by atoms with van der Waals surface area (Å²) in [5.41, 5.74) is 1.53. The molecular weight excluding hydrogens is 398 g/mol. The molecular formula is C23H29N3O3S. The molecule has 30 heavy (non-hydrogen) atoms. The lowest BCUT2D eigenvalue weighted by molar-refractivity contribution is 0.0937. The highest BCUT2D eigenvalue weighted by Crippen LogP contribution is 2.19. The molecule has 2 rings (SSSR count). The first-order valence-corrected chi connectivity index (χ1v) is 10.5. The maximum atomic E-state index is 12.7. The molecule has 0 aliphatic carbocycles. The van der Waals surface area contributed by atoms with Gasteiger partial charge in [0.2, 0.25) is 0 Å². The third-order valence-electron chi connectivity index (χ3n) is 4.30. The molecule has 2 aromatic rings. The fraction of sp³-hybridized carbons (Fsp3) is 0.348. The van der Waals surface area contributed by atoms with Crippen LogP contribution >= 0.6 is 12.2 Å². The molecule has 0 fully saturated rings. The number of nitrogens with one attached hydrogen (secondary N) is 3. The second-order valence-electron chi connectivity index (χ2n) is 7.47. The third-order valence-corrected chi connectivity index (χ3v) is 4.51. The number of thiocarbonyl (C=S) groups is 1. The Bertz CT molecular complexity index is 899. The fourth-order valence-electron chi connectivity index (χ4n) is 2.52.